The summed E-state index contributed by atoms with van der Waals surface area (Å²) in [6, 6.07) is -0.0690. The van der Waals surface area contributed by atoms with Crippen molar-refractivity contribution in [3.63, 3.8) is 0 Å². The largest absolute Gasteiger partial charge is 0.392 e. The maximum Gasteiger partial charge on any atom is 0.149 e. The highest BCUT2D eigenvalue weighted by molar-refractivity contribution is 5.91. The molecule has 2 atom stereocenters. The molecule has 0 bridgehead atoms. The van der Waals surface area contributed by atoms with E-state index in [1.54, 1.807) is 0 Å². The van der Waals surface area contributed by atoms with Crippen LogP contribution in [0.4, 0.5) is 0 Å². The molecule has 0 radical (unpaired) electrons. The molecule has 0 amide bonds. The third kappa shape index (κ3) is 1.84. The smallest absolute Gasteiger partial charge is 0.149 e. The van der Waals surface area contributed by atoms with Gasteiger partial charge in [-0.15, -0.1) is 0 Å². The quantitative estimate of drug-likeness (QED) is 0.625. The van der Waals surface area contributed by atoms with E-state index in [0.717, 1.165) is 6.29 Å². The Morgan fingerprint density at radius 1 is 1.77 bits per heavy atom. The van der Waals surface area contributed by atoms with Crippen LogP contribution >= 0.6 is 0 Å². The lowest BCUT2D eigenvalue weighted by Gasteiger charge is -2.24. The lowest BCUT2D eigenvalue weighted by Crippen LogP contribution is -2.32. The molecular weight excluding hydrogens is 170 g/mol. The molecule has 1 rings (SSSR count). The zero-order valence-corrected chi connectivity index (χ0v) is 7.73. The molecule has 0 saturated carbocycles. The van der Waals surface area contributed by atoms with Gasteiger partial charge in [0.2, 0.25) is 0 Å². The number of carbonyl (C=O) groups is 1. The maximum absolute atomic E-state index is 10.7. The number of aliphatic hydroxyl groups is 1. The van der Waals surface area contributed by atoms with E-state index in [2.05, 4.69) is 4.99 Å². The fraction of sp³-hybridized carbons (Fsp3) is 0.556. The van der Waals surface area contributed by atoms with Crippen molar-refractivity contribution < 1.29 is 14.6 Å². The summed E-state index contributed by atoms with van der Waals surface area (Å²) in [5, 5.41) is 8.93. The predicted molar refractivity (Wildman–Crippen MR) is 48.9 cm³/mol. The minimum atomic E-state index is -0.329. The maximum atomic E-state index is 10.7. The Balaban J connectivity index is 3.01. The van der Waals surface area contributed by atoms with Gasteiger partial charge in [-0.25, -0.2) is 0 Å². The molecule has 0 aromatic carbocycles. The number of aliphatic hydroxyl groups excluding tert-OH is 1. The summed E-state index contributed by atoms with van der Waals surface area (Å²) in [5.74, 6) is 0. The summed E-state index contributed by atoms with van der Waals surface area (Å²) < 4.78 is 5.12. The molecule has 0 fully saturated rings. The topological polar surface area (TPSA) is 58.9 Å². The average molecular weight is 183 g/mol. The molecule has 0 aromatic rings. The molecule has 13 heavy (non-hydrogen) atoms. The van der Waals surface area contributed by atoms with E-state index in [4.69, 9.17) is 9.84 Å². The number of rotatable bonds is 3. The molecule has 1 aliphatic rings. The van der Waals surface area contributed by atoms with Gasteiger partial charge in [-0.1, -0.05) is 0 Å². The third-order valence-electron chi connectivity index (χ3n) is 2.13. The summed E-state index contributed by atoms with van der Waals surface area (Å²) in [4.78, 5) is 14.8. The van der Waals surface area contributed by atoms with Gasteiger partial charge in [-0.05, 0) is 6.92 Å². The first-order chi connectivity index (χ1) is 6.24. The van der Waals surface area contributed by atoms with Crippen LogP contribution in [-0.2, 0) is 9.53 Å². The van der Waals surface area contributed by atoms with Gasteiger partial charge >= 0.3 is 0 Å². The van der Waals surface area contributed by atoms with Gasteiger partial charge in [-0.3, -0.25) is 9.79 Å². The van der Waals surface area contributed by atoms with Crippen molar-refractivity contribution in [2.45, 2.75) is 19.1 Å². The van der Waals surface area contributed by atoms with Gasteiger partial charge < -0.3 is 9.84 Å². The second kappa shape index (κ2) is 4.30. The molecule has 0 aromatic heterocycles. The third-order valence-corrected chi connectivity index (χ3v) is 2.13. The number of aldehydes is 1. The Hall–Kier alpha value is -1.00. The van der Waals surface area contributed by atoms with Crippen LogP contribution in [0.25, 0.3) is 0 Å². The Morgan fingerprint density at radius 2 is 2.46 bits per heavy atom. The fourth-order valence-corrected chi connectivity index (χ4v) is 1.40. The lowest BCUT2D eigenvalue weighted by molar-refractivity contribution is -0.106. The zero-order chi connectivity index (χ0) is 9.84. The van der Waals surface area contributed by atoms with Gasteiger partial charge in [0.1, 0.15) is 12.4 Å². The summed E-state index contributed by atoms with van der Waals surface area (Å²) in [7, 11) is 1.53. The monoisotopic (exact) mass is 183 g/mol. The van der Waals surface area contributed by atoms with Crippen LogP contribution < -0.4 is 0 Å². The average Bonchev–Trinajstić information content (AvgIpc) is 2.17. The molecule has 1 aliphatic heterocycles. The minimum Gasteiger partial charge on any atom is -0.392 e. The van der Waals surface area contributed by atoms with Crippen molar-refractivity contribution in [3.8, 4) is 0 Å². The summed E-state index contributed by atoms with van der Waals surface area (Å²) in [6.45, 7) is 1.69. The highest BCUT2D eigenvalue weighted by Gasteiger charge is 2.25. The van der Waals surface area contributed by atoms with Crippen LogP contribution in [0.1, 0.15) is 6.92 Å². The molecule has 2 unspecified atom stereocenters. The highest BCUT2D eigenvalue weighted by Crippen LogP contribution is 2.18. The molecule has 0 aliphatic carbocycles. The van der Waals surface area contributed by atoms with E-state index in [0.29, 0.717) is 11.1 Å². The Kier molecular flexibility index (Phi) is 3.33. The molecule has 4 heteroatoms. The van der Waals surface area contributed by atoms with E-state index in [1.807, 2.05) is 6.92 Å². The Bertz CT molecular complexity index is 258. The zero-order valence-electron chi connectivity index (χ0n) is 7.73. The van der Waals surface area contributed by atoms with Crippen molar-refractivity contribution in [2.24, 2.45) is 4.99 Å². The first kappa shape index (κ1) is 10.1. The normalized spacial score (nSPS) is 27.9. The van der Waals surface area contributed by atoms with E-state index in [1.165, 1.54) is 13.3 Å². The van der Waals surface area contributed by atoms with Crippen molar-refractivity contribution >= 4 is 12.5 Å². The van der Waals surface area contributed by atoms with Crippen molar-refractivity contribution in [2.75, 3.05) is 13.7 Å². The molecule has 4 nitrogen and oxygen atoms in total. The number of nitrogens with zero attached hydrogens (tertiary/aromatic N) is 1. The number of aliphatic imine (C=N–C) groups is 1. The molecule has 1 heterocycles. The molecule has 72 valence electrons. The number of hydrogen-bond acceptors (Lipinski definition) is 4. The SMILES string of the molecule is COC1C(C=O)=C(CO)C=NC1C. The number of dihydropyridines is 1. The van der Waals surface area contributed by atoms with Gasteiger partial charge in [0, 0.05) is 24.5 Å². The van der Waals surface area contributed by atoms with Crippen LogP contribution in [0, 0.1) is 0 Å². The fourth-order valence-electron chi connectivity index (χ4n) is 1.40. The van der Waals surface area contributed by atoms with Crippen molar-refractivity contribution in [1.29, 1.82) is 0 Å². The molecule has 0 spiro atoms. The van der Waals surface area contributed by atoms with E-state index < -0.39 is 0 Å². The number of carbonyl (C=O) groups excluding carboxylic acids is 1. The van der Waals surface area contributed by atoms with Crippen molar-refractivity contribution in [1.82, 2.24) is 0 Å². The first-order valence-corrected chi connectivity index (χ1v) is 4.09. The molecule has 0 saturated heterocycles. The van der Waals surface area contributed by atoms with Gasteiger partial charge in [0.25, 0.3) is 0 Å². The Labute approximate surface area is 76.9 Å². The van der Waals surface area contributed by atoms with E-state index in [9.17, 15) is 4.79 Å². The number of methoxy groups -OCH3 is 1. The van der Waals surface area contributed by atoms with Crippen LogP contribution in [0.3, 0.4) is 0 Å². The Morgan fingerprint density at radius 3 is 2.92 bits per heavy atom. The van der Waals surface area contributed by atoms with E-state index >= 15 is 0 Å². The second-order valence-electron chi connectivity index (χ2n) is 2.93. The van der Waals surface area contributed by atoms with Gasteiger partial charge in [0.05, 0.1) is 12.6 Å². The number of ether oxygens (including phenoxy) is 1. The van der Waals surface area contributed by atoms with Crippen LogP contribution in [0.5, 0.6) is 0 Å². The second-order valence-corrected chi connectivity index (χ2v) is 2.93. The van der Waals surface area contributed by atoms with Crippen LogP contribution in [-0.4, -0.2) is 43.5 Å². The summed E-state index contributed by atoms with van der Waals surface area (Å²) in [5.41, 5.74) is 1.03. The highest BCUT2D eigenvalue weighted by atomic mass is 16.5. The van der Waals surface area contributed by atoms with Crippen LogP contribution in [0.2, 0.25) is 0 Å². The van der Waals surface area contributed by atoms with E-state index in [-0.39, 0.29) is 18.8 Å². The summed E-state index contributed by atoms with van der Waals surface area (Å²) in [6.07, 6.45) is 1.93. The predicted octanol–water partition coefficient (Wildman–Crippen LogP) is -0.0379. The van der Waals surface area contributed by atoms with Gasteiger partial charge in [-0.2, -0.15) is 0 Å². The van der Waals surface area contributed by atoms with Gasteiger partial charge in [0.15, 0.2) is 0 Å². The standard InChI is InChI=1S/C9H13NO3/c1-6-9(13-2)8(5-12)7(4-11)3-10-6/h3,5-6,9,11H,4H2,1-2H3. The minimum absolute atomic E-state index is 0.0690. The number of hydrogen-bond donors (Lipinski definition) is 1. The van der Waals surface area contributed by atoms with Crippen LogP contribution in [0.15, 0.2) is 16.1 Å². The summed E-state index contributed by atoms with van der Waals surface area (Å²) >= 11 is 0. The molecular formula is C9H13NO3. The van der Waals surface area contributed by atoms with Crippen molar-refractivity contribution in [3.05, 3.63) is 11.1 Å². The first-order valence-electron chi connectivity index (χ1n) is 4.09. The lowest BCUT2D eigenvalue weighted by atomic mass is 9.97. The molecule has 1 N–H and O–H groups in total.